The van der Waals surface area contributed by atoms with Crippen LogP contribution in [-0.4, -0.2) is 28.7 Å². The lowest BCUT2D eigenvalue weighted by Crippen LogP contribution is -2.34. The molecule has 148 valence electrons. The normalized spacial score (nSPS) is 19.8. The summed E-state index contributed by atoms with van der Waals surface area (Å²) in [4.78, 5) is 19.3. The molecule has 6 rings (SSSR count). The number of anilines is 1. The Bertz CT molecular complexity index is 1170. The first-order valence-corrected chi connectivity index (χ1v) is 10.3. The maximum atomic E-state index is 14.8. The third-order valence-corrected chi connectivity index (χ3v) is 6.69. The Balaban J connectivity index is 1.45. The van der Waals surface area contributed by atoms with Gasteiger partial charge in [0.1, 0.15) is 5.82 Å². The number of amides is 1. The number of ether oxygens (including phenoxy) is 1. The number of rotatable bonds is 4. The van der Waals surface area contributed by atoms with Crippen LogP contribution in [0.5, 0.6) is 0 Å². The van der Waals surface area contributed by atoms with Crippen molar-refractivity contribution in [3.8, 4) is 0 Å². The molecular formula is C22H19ClFN3O2. The Labute approximate surface area is 172 Å². The fourth-order valence-corrected chi connectivity index (χ4v) is 5.00. The summed E-state index contributed by atoms with van der Waals surface area (Å²) in [6, 6.07) is 7.04. The van der Waals surface area contributed by atoms with Gasteiger partial charge in [0.15, 0.2) is 0 Å². The molecule has 0 unspecified atom stereocenters. The highest BCUT2D eigenvalue weighted by molar-refractivity contribution is 6.31. The number of pyridine rings is 1. The third-order valence-electron chi connectivity index (χ3n) is 6.48. The lowest BCUT2D eigenvalue weighted by atomic mass is 9.99. The summed E-state index contributed by atoms with van der Waals surface area (Å²) < 4.78 is 22.1. The molecule has 1 amide bonds. The summed E-state index contributed by atoms with van der Waals surface area (Å²) in [7, 11) is 0. The van der Waals surface area contributed by atoms with Crippen molar-refractivity contribution >= 4 is 34.1 Å². The summed E-state index contributed by atoms with van der Waals surface area (Å²) in [6.07, 6.45) is 5.28. The van der Waals surface area contributed by atoms with Gasteiger partial charge in [0, 0.05) is 34.8 Å². The molecule has 0 N–H and O–H groups in total. The van der Waals surface area contributed by atoms with E-state index in [-0.39, 0.29) is 17.1 Å². The van der Waals surface area contributed by atoms with Crippen LogP contribution in [0.1, 0.15) is 24.1 Å². The minimum absolute atomic E-state index is 0.128. The van der Waals surface area contributed by atoms with Crippen molar-refractivity contribution in [1.29, 1.82) is 0 Å². The monoisotopic (exact) mass is 411 g/mol. The van der Waals surface area contributed by atoms with Gasteiger partial charge in [0.2, 0.25) is 5.91 Å². The molecule has 3 aromatic rings. The number of benzene rings is 1. The molecule has 29 heavy (non-hydrogen) atoms. The number of aromatic nitrogens is 2. The highest BCUT2D eigenvalue weighted by atomic mass is 35.5. The first kappa shape index (κ1) is 17.4. The number of nitrogens with zero attached hydrogens (tertiary/aromatic N) is 3. The molecule has 2 fully saturated rings. The molecule has 0 radical (unpaired) electrons. The Kier molecular flexibility index (Phi) is 3.62. The van der Waals surface area contributed by atoms with E-state index in [0.29, 0.717) is 42.8 Å². The molecule has 1 aromatic carbocycles. The van der Waals surface area contributed by atoms with E-state index in [1.807, 2.05) is 21.6 Å². The van der Waals surface area contributed by atoms with Gasteiger partial charge in [-0.1, -0.05) is 11.6 Å². The first-order chi connectivity index (χ1) is 14.1. The quantitative estimate of drug-likeness (QED) is 0.650. The van der Waals surface area contributed by atoms with Crippen LogP contribution in [0.15, 0.2) is 36.7 Å². The predicted octanol–water partition coefficient (Wildman–Crippen LogP) is 4.05. The lowest BCUT2D eigenvalue weighted by Gasteiger charge is -2.28. The minimum atomic E-state index is -0.370. The van der Waals surface area contributed by atoms with Gasteiger partial charge in [-0.2, -0.15) is 0 Å². The van der Waals surface area contributed by atoms with Crippen LogP contribution in [0.4, 0.5) is 10.1 Å². The van der Waals surface area contributed by atoms with Crippen molar-refractivity contribution < 1.29 is 13.9 Å². The second kappa shape index (κ2) is 6.03. The van der Waals surface area contributed by atoms with Crippen LogP contribution in [-0.2, 0) is 28.0 Å². The zero-order chi connectivity index (χ0) is 19.8. The van der Waals surface area contributed by atoms with Gasteiger partial charge in [0.25, 0.3) is 0 Å². The molecule has 2 aliphatic heterocycles. The minimum Gasteiger partial charge on any atom is -0.381 e. The van der Waals surface area contributed by atoms with Crippen LogP contribution in [0.25, 0.3) is 10.9 Å². The Morgan fingerprint density at radius 2 is 2.10 bits per heavy atom. The van der Waals surface area contributed by atoms with Crippen LogP contribution >= 0.6 is 11.6 Å². The molecule has 7 heteroatoms. The van der Waals surface area contributed by atoms with Crippen molar-refractivity contribution in [3.63, 3.8) is 0 Å². The second-order valence-electron chi connectivity index (χ2n) is 8.34. The molecule has 0 atom stereocenters. The smallest absolute Gasteiger partial charge is 0.238 e. The molecule has 0 bridgehead atoms. The lowest BCUT2D eigenvalue weighted by molar-refractivity contribution is -0.120. The highest BCUT2D eigenvalue weighted by Crippen LogP contribution is 2.57. The van der Waals surface area contributed by atoms with E-state index in [9.17, 15) is 9.18 Å². The molecule has 1 aliphatic carbocycles. The number of carbonyl (C=O) groups excluding carboxylic acids is 1. The van der Waals surface area contributed by atoms with Crippen LogP contribution in [0.2, 0.25) is 5.02 Å². The second-order valence-corrected chi connectivity index (χ2v) is 8.78. The number of hydrogen-bond acceptors (Lipinski definition) is 3. The van der Waals surface area contributed by atoms with Crippen LogP contribution in [0.3, 0.4) is 0 Å². The number of fused-ring (bicyclic) bond motifs is 3. The van der Waals surface area contributed by atoms with E-state index in [1.54, 1.807) is 18.5 Å². The number of carbonyl (C=O) groups is 1. The summed E-state index contributed by atoms with van der Waals surface area (Å²) in [5.41, 5.74) is 3.01. The van der Waals surface area contributed by atoms with E-state index < -0.39 is 0 Å². The molecule has 1 saturated heterocycles. The van der Waals surface area contributed by atoms with Crippen molar-refractivity contribution in [2.75, 3.05) is 18.1 Å². The number of hydrogen-bond donors (Lipinski definition) is 0. The summed E-state index contributed by atoms with van der Waals surface area (Å²) in [5.74, 6) is 0.132. The zero-order valence-electron chi connectivity index (χ0n) is 15.7. The van der Waals surface area contributed by atoms with E-state index in [2.05, 4.69) is 4.98 Å². The molecule has 2 aromatic heterocycles. The molecule has 3 aliphatic rings. The van der Waals surface area contributed by atoms with Gasteiger partial charge in [-0.3, -0.25) is 9.78 Å². The molecule has 4 heterocycles. The van der Waals surface area contributed by atoms with Gasteiger partial charge in [-0.05, 0) is 42.7 Å². The molecular weight excluding hydrogens is 393 g/mol. The summed E-state index contributed by atoms with van der Waals surface area (Å²) in [6.45, 7) is 2.39. The molecule has 1 saturated carbocycles. The van der Waals surface area contributed by atoms with Crippen molar-refractivity contribution in [2.24, 2.45) is 5.92 Å². The molecule has 1 spiro atoms. The summed E-state index contributed by atoms with van der Waals surface area (Å²) >= 11 is 6.09. The zero-order valence-corrected chi connectivity index (χ0v) is 16.5. The van der Waals surface area contributed by atoms with Crippen molar-refractivity contribution in [3.05, 3.63) is 58.8 Å². The Hall–Kier alpha value is -2.44. The van der Waals surface area contributed by atoms with Gasteiger partial charge in [-0.25, -0.2) is 4.39 Å². The predicted molar refractivity (Wildman–Crippen MR) is 108 cm³/mol. The average Bonchev–Trinajstić information content (AvgIpc) is 3.35. The standard InChI is InChI=1S/C22H19ClFN3O2/c23-15-5-14-6-16(26(9-13-11-29-12-13)20(14)18(24)7-15)10-27-19-8-25-4-1-17(19)22(2-3-22)21(27)28/h1,4-8,13H,2-3,9-12H2. The van der Waals surface area contributed by atoms with Gasteiger partial charge in [0.05, 0.1) is 42.6 Å². The fraction of sp³-hybridized carbons (Fsp3) is 0.364. The number of halogens is 2. The van der Waals surface area contributed by atoms with E-state index >= 15 is 0 Å². The Morgan fingerprint density at radius 1 is 1.28 bits per heavy atom. The largest absolute Gasteiger partial charge is 0.381 e. The van der Waals surface area contributed by atoms with Crippen molar-refractivity contribution in [2.45, 2.75) is 31.3 Å². The SMILES string of the molecule is O=C1N(Cc2cc3cc(Cl)cc(F)c3n2CC2COC2)c2cnccc2C12CC2. The highest BCUT2D eigenvalue weighted by Gasteiger charge is 2.59. The maximum absolute atomic E-state index is 14.8. The maximum Gasteiger partial charge on any atom is 0.238 e. The molecule has 5 nitrogen and oxygen atoms in total. The van der Waals surface area contributed by atoms with E-state index in [4.69, 9.17) is 16.3 Å². The fourth-order valence-electron chi connectivity index (χ4n) is 4.79. The first-order valence-electron chi connectivity index (χ1n) is 9.88. The van der Waals surface area contributed by atoms with E-state index in [1.165, 1.54) is 6.07 Å². The topological polar surface area (TPSA) is 47.4 Å². The average molecular weight is 412 g/mol. The van der Waals surface area contributed by atoms with Crippen molar-refractivity contribution in [1.82, 2.24) is 9.55 Å². The van der Waals surface area contributed by atoms with Crippen LogP contribution < -0.4 is 4.90 Å². The summed E-state index contributed by atoms with van der Waals surface area (Å²) in [5, 5.41) is 1.12. The Morgan fingerprint density at radius 3 is 2.83 bits per heavy atom. The van der Waals surface area contributed by atoms with Gasteiger partial charge < -0.3 is 14.2 Å². The van der Waals surface area contributed by atoms with E-state index in [0.717, 1.165) is 35.2 Å². The van der Waals surface area contributed by atoms with Crippen LogP contribution in [0, 0.1) is 11.7 Å². The van der Waals surface area contributed by atoms with Gasteiger partial charge in [-0.15, -0.1) is 0 Å². The third kappa shape index (κ3) is 2.49. The van der Waals surface area contributed by atoms with Gasteiger partial charge >= 0.3 is 0 Å².